The lowest BCUT2D eigenvalue weighted by molar-refractivity contribution is -0.941. The monoisotopic (exact) mass is 723 g/mol. The minimum Gasteiger partial charge on any atom is -0.748 e. The molecule has 2 atom stereocenters. The first kappa shape index (κ1) is 39.9. The predicted molar refractivity (Wildman–Crippen MR) is 199 cm³/mol. The summed E-state index contributed by atoms with van der Waals surface area (Å²) in [6.07, 6.45) is 7.61. The number of ether oxygens (including phenoxy) is 1. The first-order valence-corrected chi connectivity index (χ1v) is 21.6. The fourth-order valence-corrected chi connectivity index (χ4v) is 10.3. The summed E-state index contributed by atoms with van der Waals surface area (Å²) in [7, 11) is -3.03. The molecule has 3 N–H and O–H groups in total. The van der Waals surface area contributed by atoms with Gasteiger partial charge in [-0.1, -0.05) is 51.7 Å². The van der Waals surface area contributed by atoms with Crippen LogP contribution >= 0.6 is 10.6 Å². The molecule has 49 heavy (non-hydrogen) atoms. The highest BCUT2D eigenvalue weighted by molar-refractivity contribution is 8.24. The molecule has 0 saturated carbocycles. The highest BCUT2D eigenvalue weighted by Crippen LogP contribution is 2.62. The number of nitrogens with zero attached hydrogens (tertiary/aromatic N) is 3. The largest absolute Gasteiger partial charge is 0.748 e. The van der Waals surface area contributed by atoms with Crippen LogP contribution in [0.1, 0.15) is 82.3 Å². The Hall–Kier alpha value is -1.90. The topological polar surface area (TPSA) is 134 Å². The molecule has 0 spiro atoms. The number of aliphatic hydroxyl groups excluding tert-OH is 1. The quantitative estimate of drug-likeness (QED) is 0.118. The highest BCUT2D eigenvalue weighted by atomic mass is 32.3. The Labute approximate surface area is 297 Å². The molecule has 4 aliphatic heterocycles. The molecule has 0 aliphatic carbocycles. The van der Waals surface area contributed by atoms with Gasteiger partial charge in [-0.15, -0.1) is 0 Å². The van der Waals surface area contributed by atoms with Gasteiger partial charge in [0.1, 0.15) is 5.75 Å². The number of piperazine rings is 3. The number of aliphatic hydroxyl groups is 1. The molecule has 3 saturated heterocycles. The summed E-state index contributed by atoms with van der Waals surface area (Å²) >= 11 is 0. The zero-order chi connectivity index (χ0) is 35.9. The van der Waals surface area contributed by atoms with E-state index in [2.05, 4.69) is 36.9 Å². The maximum Gasteiger partial charge on any atom is 0.119 e. The van der Waals surface area contributed by atoms with Crippen LogP contribution in [0.5, 0.6) is 5.75 Å². The van der Waals surface area contributed by atoms with Crippen LogP contribution in [0.15, 0.2) is 47.4 Å². The third-order valence-electron chi connectivity index (χ3n) is 10.9. The van der Waals surface area contributed by atoms with Crippen LogP contribution in [0.3, 0.4) is 0 Å². The fourth-order valence-electron chi connectivity index (χ4n) is 8.00. The van der Waals surface area contributed by atoms with E-state index in [-0.39, 0.29) is 11.7 Å². The minimum absolute atomic E-state index is 0.214. The number of fused-ring (bicyclic) bond motifs is 4. The first-order chi connectivity index (χ1) is 23.1. The molecule has 2 bridgehead atoms. The lowest BCUT2D eigenvalue weighted by Gasteiger charge is -2.50. The number of unbranched alkanes of at least 4 members (excludes halogenated alkanes) is 3. The van der Waals surface area contributed by atoms with E-state index in [1.807, 2.05) is 43.3 Å². The molecule has 12 heteroatoms. The van der Waals surface area contributed by atoms with Gasteiger partial charge in [-0.2, -0.15) is 10.6 Å². The minimum atomic E-state index is -3.92. The van der Waals surface area contributed by atoms with Gasteiger partial charge in [0.15, 0.2) is 0 Å². The summed E-state index contributed by atoms with van der Waals surface area (Å²) in [4.78, 5) is 5.22. The molecule has 6 rings (SSSR count). The van der Waals surface area contributed by atoms with Crippen LogP contribution < -0.4 is 9.64 Å². The number of rotatable bonds is 14. The van der Waals surface area contributed by atoms with Crippen molar-refractivity contribution in [3.8, 4) is 5.75 Å². The van der Waals surface area contributed by atoms with Gasteiger partial charge < -0.3 is 23.8 Å². The van der Waals surface area contributed by atoms with Crippen molar-refractivity contribution in [3.63, 3.8) is 0 Å². The summed E-state index contributed by atoms with van der Waals surface area (Å²) in [5.41, 5.74) is 2.24. The van der Waals surface area contributed by atoms with E-state index in [9.17, 15) is 14.2 Å². The second-order valence-corrected chi connectivity index (χ2v) is 18.3. The molecule has 4 heterocycles. The molecule has 3 fully saturated rings. The van der Waals surface area contributed by atoms with E-state index in [0.29, 0.717) is 17.8 Å². The Morgan fingerprint density at radius 2 is 1.53 bits per heavy atom. The van der Waals surface area contributed by atoms with Gasteiger partial charge in [0.25, 0.3) is 0 Å². The van der Waals surface area contributed by atoms with Crippen LogP contribution in [0.2, 0.25) is 0 Å². The molecule has 0 aromatic heterocycles. The highest BCUT2D eigenvalue weighted by Gasteiger charge is 2.49. The molecule has 2 aromatic rings. The average molecular weight is 724 g/mol. The molecular weight excluding hydrogens is 663 g/mol. The van der Waals surface area contributed by atoms with E-state index in [0.717, 1.165) is 67.5 Å². The Kier molecular flexibility index (Phi) is 13.9. The van der Waals surface area contributed by atoms with E-state index in [4.69, 9.17) is 17.7 Å². The van der Waals surface area contributed by atoms with E-state index >= 15 is 0 Å². The molecular formula is C37H61N3O7S2. The zero-order valence-corrected chi connectivity index (χ0v) is 32.0. The molecule has 0 unspecified atom stereocenters. The Morgan fingerprint density at radius 3 is 2.06 bits per heavy atom. The number of anilines is 1. The van der Waals surface area contributed by atoms with E-state index in [1.165, 1.54) is 56.7 Å². The Morgan fingerprint density at radius 1 is 0.959 bits per heavy atom. The van der Waals surface area contributed by atoms with Crippen molar-refractivity contribution in [3.05, 3.63) is 53.6 Å². The SMILES string of the molecule is CCCCC1(CCCC)CS(O)(O)c2ccc(N(C)C)cc2[C@@H](c2ccc(OCCCC[N+]34CCN(CC3)CC4)cc2)[C@H]1O.CS(=O)(=O)[O-]. The van der Waals surface area contributed by atoms with Crippen LogP contribution in [0.25, 0.3) is 0 Å². The van der Waals surface area contributed by atoms with Gasteiger partial charge >= 0.3 is 0 Å². The van der Waals surface area contributed by atoms with Crippen molar-refractivity contribution in [2.75, 3.05) is 83.4 Å². The number of quaternary nitrogens is 1. The van der Waals surface area contributed by atoms with Gasteiger partial charge in [-0.3, -0.25) is 14.0 Å². The predicted octanol–water partition coefficient (Wildman–Crippen LogP) is 6.20. The maximum atomic E-state index is 12.4. The molecule has 0 amide bonds. The number of hydrogen-bond acceptors (Lipinski definition) is 9. The molecule has 278 valence electrons. The van der Waals surface area contributed by atoms with Gasteiger partial charge in [-0.25, -0.2) is 8.42 Å². The smallest absolute Gasteiger partial charge is 0.119 e. The number of hydrogen-bond donors (Lipinski definition) is 3. The van der Waals surface area contributed by atoms with Crippen LogP contribution in [-0.2, 0) is 10.1 Å². The maximum absolute atomic E-state index is 12.4. The Balaban J connectivity index is 0.00000101. The fraction of sp³-hybridized carbons (Fsp3) is 0.676. The summed E-state index contributed by atoms with van der Waals surface area (Å²) in [6.45, 7) is 14.0. The third-order valence-corrected chi connectivity index (χ3v) is 12.9. The van der Waals surface area contributed by atoms with Crippen molar-refractivity contribution in [2.24, 2.45) is 5.41 Å². The van der Waals surface area contributed by atoms with Crippen LogP contribution in [0, 0.1) is 5.41 Å². The Bertz CT molecular complexity index is 1410. The lowest BCUT2D eigenvalue weighted by atomic mass is 9.68. The lowest BCUT2D eigenvalue weighted by Crippen LogP contribution is -2.67. The van der Waals surface area contributed by atoms with Crippen molar-refractivity contribution >= 4 is 26.4 Å². The zero-order valence-electron chi connectivity index (χ0n) is 30.3. The standard InChI is InChI=1S/C36H57N3O4S.CH4O3S/c1-5-7-17-36(18-8-6-2)28-44(41,42)33-16-13-30(37(3)4)27-32(33)34(35(36)40)29-11-14-31(15-12-29)43-26-10-9-22-39-23-19-38(20-24-39)21-25-39;1-5(2,3)4/h11-16,27,34-35,40H,5-10,17-26,28H2,1-4H3,(H-,41,42);1H3,(H,2,3,4)/t34-,35-;/m1./s1. The molecule has 0 radical (unpaired) electrons. The third kappa shape index (κ3) is 10.6. The van der Waals surface area contributed by atoms with Crippen molar-refractivity contribution < 1.29 is 36.4 Å². The first-order valence-electron chi connectivity index (χ1n) is 18.1. The molecule has 2 aromatic carbocycles. The number of benzene rings is 2. The molecule has 10 nitrogen and oxygen atoms in total. The second kappa shape index (κ2) is 17.1. The van der Waals surface area contributed by atoms with Gasteiger partial charge in [0.2, 0.25) is 0 Å². The normalized spacial score (nSPS) is 26.1. The molecule has 4 aliphatic rings. The summed E-state index contributed by atoms with van der Waals surface area (Å²) in [5, 5.41) is 12.4. The van der Waals surface area contributed by atoms with Crippen molar-refractivity contribution in [1.29, 1.82) is 0 Å². The van der Waals surface area contributed by atoms with Crippen LogP contribution in [-0.4, -0.2) is 121 Å². The van der Waals surface area contributed by atoms with E-state index < -0.39 is 32.2 Å². The van der Waals surface area contributed by atoms with Crippen LogP contribution in [0.4, 0.5) is 5.69 Å². The summed E-state index contributed by atoms with van der Waals surface area (Å²) in [6, 6.07) is 14.2. The van der Waals surface area contributed by atoms with Gasteiger partial charge in [0.05, 0.1) is 59.7 Å². The summed E-state index contributed by atoms with van der Waals surface area (Å²) in [5.74, 6) is 0.705. The van der Waals surface area contributed by atoms with Gasteiger partial charge in [-0.05, 0) is 67.1 Å². The summed E-state index contributed by atoms with van der Waals surface area (Å²) < 4.78 is 58.2. The van der Waals surface area contributed by atoms with Crippen molar-refractivity contribution in [1.82, 2.24) is 4.90 Å². The van der Waals surface area contributed by atoms with Gasteiger partial charge in [0, 0.05) is 57.0 Å². The van der Waals surface area contributed by atoms with Crippen molar-refractivity contribution in [2.45, 2.75) is 82.1 Å². The van der Waals surface area contributed by atoms with E-state index in [1.54, 1.807) is 0 Å². The second-order valence-electron chi connectivity index (χ2n) is 14.8. The average Bonchev–Trinajstić information content (AvgIpc) is 3.13.